The van der Waals surface area contributed by atoms with Gasteiger partial charge in [0.15, 0.2) is 5.96 Å². The lowest BCUT2D eigenvalue weighted by Gasteiger charge is -2.27. The van der Waals surface area contributed by atoms with Crippen LogP contribution in [0.5, 0.6) is 5.75 Å². The molecule has 28 heavy (non-hydrogen) atoms. The Morgan fingerprint density at radius 2 is 1.79 bits per heavy atom. The first-order valence-electron chi connectivity index (χ1n) is 10.4. The van der Waals surface area contributed by atoms with E-state index in [1.54, 1.807) is 0 Å². The van der Waals surface area contributed by atoms with Crippen molar-refractivity contribution in [1.29, 1.82) is 0 Å². The number of fused-ring (bicyclic) bond motifs is 1. The maximum absolute atomic E-state index is 6.23. The van der Waals surface area contributed by atoms with E-state index in [1.807, 2.05) is 18.2 Å². The van der Waals surface area contributed by atoms with Crippen LogP contribution in [-0.2, 0) is 13.1 Å². The quantitative estimate of drug-likeness (QED) is 0.616. The van der Waals surface area contributed by atoms with Crippen molar-refractivity contribution >= 4 is 5.96 Å². The van der Waals surface area contributed by atoms with Gasteiger partial charge in [-0.15, -0.1) is 0 Å². The number of rotatable bonds is 5. The zero-order valence-electron chi connectivity index (χ0n) is 16.4. The normalized spacial score (nSPS) is 20.3. The highest BCUT2D eigenvalue weighted by molar-refractivity contribution is 5.78. The first-order chi connectivity index (χ1) is 13.8. The summed E-state index contributed by atoms with van der Waals surface area (Å²) >= 11 is 0. The molecule has 0 bridgehead atoms. The van der Waals surface area contributed by atoms with Crippen LogP contribution in [0, 0.1) is 0 Å². The van der Waals surface area contributed by atoms with E-state index in [0.717, 1.165) is 24.3 Å². The van der Waals surface area contributed by atoms with Crippen molar-refractivity contribution in [2.24, 2.45) is 10.7 Å². The number of piperidine rings is 1. The Hall–Kier alpha value is -2.53. The molecule has 0 aliphatic carbocycles. The van der Waals surface area contributed by atoms with Crippen molar-refractivity contribution in [1.82, 2.24) is 10.2 Å². The average Bonchev–Trinajstić information content (AvgIpc) is 2.74. The number of hydrogen-bond acceptors (Lipinski definition) is 3. The Labute approximate surface area is 167 Å². The van der Waals surface area contributed by atoms with Crippen LogP contribution in [0.4, 0.5) is 0 Å². The molecular formula is C23H30N4O. The lowest BCUT2D eigenvalue weighted by Crippen LogP contribution is -2.37. The van der Waals surface area contributed by atoms with Gasteiger partial charge in [-0.2, -0.15) is 0 Å². The summed E-state index contributed by atoms with van der Waals surface area (Å²) < 4.78 is 5.73. The molecule has 0 aromatic heterocycles. The number of ether oxygens (including phenoxy) is 1. The van der Waals surface area contributed by atoms with Gasteiger partial charge in [0.1, 0.15) is 5.75 Å². The standard InChI is InChI=1S/C23H30N4O/c24-23(26-21-12-15-28-22-11-5-4-10-20(21)22)25-16-18-8-2-3-9-19(18)17-27-13-6-1-7-14-27/h2-5,8-11,21H,1,6-7,12-17H2,(H3,24,25,26). The maximum Gasteiger partial charge on any atom is 0.189 e. The van der Waals surface area contributed by atoms with Crippen LogP contribution in [0.2, 0.25) is 0 Å². The third-order valence-corrected chi connectivity index (χ3v) is 5.66. The molecule has 2 aliphatic rings. The van der Waals surface area contributed by atoms with Gasteiger partial charge in [-0.3, -0.25) is 4.90 Å². The summed E-state index contributed by atoms with van der Waals surface area (Å²) in [5.74, 6) is 1.43. The topological polar surface area (TPSA) is 62.9 Å². The minimum Gasteiger partial charge on any atom is -0.493 e. The number of benzene rings is 2. The second kappa shape index (κ2) is 9.11. The third kappa shape index (κ3) is 4.65. The third-order valence-electron chi connectivity index (χ3n) is 5.66. The molecule has 2 heterocycles. The Bertz CT molecular complexity index is 814. The SMILES string of the molecule is NC(=NCc1ccccc1CN1CCCCC1)NC1CCOc2ccccc21. The lowest BCUT2D eigenvalue weighted by atomic mass is 10.0. The molecule has 0 radical (unpaired) electrons. The molecule has 0 spiro atoms. The van der Waals surface area contributed by atoms with E-state index in [1.165, 1.54) is 43.5 Å². The summed E-state index contributed by atoms with van der Waals surface area (Å²) in [7, 11) is 0. The summed E-state index contributed by atoms with van der Waals surface area (Å²) in [6.07, 6.45) is 4.87. The molecule has 2 aromatic carbocycles. The predicted octanol–water partition coefficient (Wildman–Crippen LogP) is 3.60. The minimum atomic E-state index is 0.150. The molecule has 2 aromatic rings. The predicted molar refractivity (Wildman–Crippen MR) is 113 cm³/mol. The van der Waals surface area contributed by atoms with Gasteiger partial charge in [-0.1, -0.05) is 48.9 Å². The summed E-state index contributed by atoms with van der Waals surface area (Å²) in [6.45, 7) is 4.70. The van der Waals surface area contributed by atoms with E-state index in [2.05, 4.69) is 45.5 Å². The number of aliphatic imine (C=N–C) groups is 1. The van der Waals surface area contributed by atoms with Crippen LogP contribution >= 0.6 is 0 Å². The van der Waals surface area contributed by atoms with Gasteiger partial charge < -0.3 is 15.8 Å². The molecule has 5 nitrogen and oxygen atoms in total. The number of nitrogens with one attached hydrogen (secondary N) is 1. The van der Waals surface area contributed by atoms with Crippen LogP contribution in [-0.4, -0.2) is 30.6 Å². The Morgan fingerprint density at radius 3 is 2.64 bits per heavy atom. The highest BCUT2D eigenvalue weighted by atomic mass is 16.5. The molecule has 4 rings (SSSR count). The van der Waals surface area contributed by atoms with Gasteiger partial charge in [-0.05, 0) is 43.1 Å². The minimum absolute atomic E-state index is 0.150. The van der Waals surface area contributed by atoms with Crippen molar-refractivity contribution in [3.8, 4) is 5.75 Å². The van der Waals surface area contributed by atoms with Gasteiger partial charge in [0.25, 0.3) is 0 Å². The van der Waals surface area contributed by atoms with E-state index < -0.39 is 0 Å². The molecule has 1 atom stereocenters. The average molecular weight is 379 g/mol. The van der Waals surface area contributed by atoms with Crippen molar-refractivity contribution < 1.29 is 4.74 Å². The highest BCUT2D eigenvalue weighted by Crippen LogP contribution is 2.31. The molecule has 0 amide bonds. The van der Waals surface area contributed by atoms with E-state index in [9.17, 15) is 0 Å². The fourth-order valence-electron chi connectivity index (χ4n) is 4.11. The van der Waals surface area contributed by atoms with Gasteiger partial charge >= 0.3 is 0 Å². The van der Waals surface area contributed by atoms with Crippen molar-refractivity contribution in [2.45, 2.75) is 44.8 Å². The van der Waals surface area contributed by atoms with E-state index in [-0.39, 0.29) is 6.04 Å². The first-order valence-corrected chi connectivity index (χ1v) is 10.4. The molecule has 1 unspecified atom stereocenters. The Kier molecular flexibility index (Phi) is 6.12. The van der Waals surface area contributed by atoms with Gasteiger partial charge in [0, 0.05) is 18.5 Å². The molecule has 0 saturated carbocycles. The summed E-state index contributed by atoms with van der Waals surface area (Å²) in [5, 5.41) is 3.38. The highest BCUT2D eigenvalue weighted by Gasteiger charge is 2.21. The van der Waals surface area contributed by atoms with Gasteiger partial charge in [0.2, 0.25) is 0 Å². The number of likely N-dealkylation sites (tertiary alicyclic amines) is 1. The molecule has 1 saturated heterocycles. The van der Waals surface area contributed by atoms with E-state index in [4.69, 9.17) is 10.5 Å². The molecule has 2 aliphatic heterocycles. The Balaban J connectivity index is 1.40. The smallest absolute Gasteiger partial charge is 0.189 e. The molecular weight excluding hydrogens is 348 g/mol. The second-order valence-electron chi connectivity index (χ2n) is 7.68. The molecule has 3 N–H and O–H groups in total. The second-order valence-corrected chi connectivity index (χ2v) is 7.68. The fourth-order valence-corrected chi connectivity index (χ4v) is 4.11. The Morgan fingerprint density at radius 1 is 1.04 bits per heavy atom. The van der Waals surface area contributed by atoms with Crippen molar-refractivity contribution in [2.75, 3.05) is 19.7 Å². The van der Waals surface area contributed by atoms with Crippen LogP contribution in [0.3, 0.4) is 0 Å². The largest absolute Gasteiger partial charge is 0.493 e. The van der Waals surface area contributed by atoms with Crippen LogP contribution < -0.4 is 15.8 Å². The number of para-hydroxylation sites is 1. The van der Waals surface area contributed by atoms with Gasteiger partial charge in [0.05, 0.1) is 19.2 Å². The van der Waals surface area contributed by atoms with E-state index >= 15 is 0 Å². The zero-order chi connectivity index (χ0) is 19.2. The van der Waals surface area contributed by atoms with E-state index in [0.29, 0.717) is 19.1 Å². The number of nitrogens with zero attached hydrogens (tertiary/aromatic N) is 2. The number of hydrogen-bond donors (Lipinski definition) is 2. The maximum atomic E-state index is 6.23. The zero-order valence-corrected chi connectivity index (χ0v) is 16.4. The van der Waals surface area contributed by atoms with Gasteiger partial charge in [-0.25, -0.2) is 4.99 Å². The molecule has 5 heteroatoms. The number of nitrogens with two attached hydrogens (primary N) is 1. The summed E-state index contributed by atoms with van der Waals surface area (Å²) in [4.78, 5) is 7.19. The van der Waals surface area contributed by atoms with Crippen LogP contribution in [0.25, 0.3) is 0 Å². The lowest BCUT2D eigenvalue weighted by molar-refractivity contribution is 0.220. The fraction of sp³-hybridized carbons (Fsp3) is 0.435. The van der Waals surface area contributed by atoms with Crippen molar-refractivity contribution in [3.63, 3.8) is 0 Å². The summed E-state index contributed by atoms with van der Waals surface area (Å²) in [5.41, 5.74) is 10.00. The molecule has 1 fully saturated rings. The first kappa shape index (κ1) is 18.8. The van der Waals surface area contributed by atoms with Crippen LogP contribution in [0.1, 0.15) is 48.4 Å². The van der Waals surface area contributed by atoms with Crippen molar-refractivity contribution in [3.05, 3.63) is 65.2 Å². The number of guanidine groups is 1. The van der Waals surface area contributed by atoms with Crippen LogP contribution in [0.15, 0.2) is 53.5 Å². The summed E-state index contributed by atoms with van der Waals surface area (Å²) in [6, 6.07) is 16.9. The molecule has 148 valence electrons. The monoisotopic (exact) mass is 378 g/mol.